The van der Waals surface area contributed by atoms with Gasteiger partial charge in [0.05, 0.1) is 17.2 Å². The maximum absolute atomic E-state index is 12.2. The summed E-state index contributed by atoms with van der Waals surface area (Å²) in [5, 5.41) is 3.09. The fourth-order valence-corrected chi connectivity index (χ4v) is 2.68. The Bertz CT molecular complexity index is 890. The van der Waals surface area contributed by atoms with E-state index >= 15 is 0 Å². The number of nitrogens with one attached hydrogen (secondary N) is 1. The van der Waals surface area contributed by atoms with Crippen LogP contribution in [0.5, 0.6) is 5.75 Å². The molecule has 144 valence electrons. The Kier molecular flexibility index (Phi) is 6.87. The first-order chi connectivity index (χ1) is 12.7. The summed E-state index contributed by atoms with van der Waals surface area (Å²) in [6.45, 7) is 4.11. The summed E-state index contributed by atoms with van der Waals surface area (Å²) in [5.41, 5.74) is -0.0708. The normalized spacial score (nSPS) is 10.4. The van der Waals surface area contributed by atoms with Gasteiger partial charge in [-0.25, -0.2) is 4.79 Å². The fourth-order valence-electron chi connectivity index (χ4n) is 2.35. The summed E-state index contributed by atoms with van der Waals surface area (Å²) >= 11 is 11.8. The van der Waals surface area contributed by atoms with Gasteiger partial charge >= 0.3 is 5.97 Å². The SMILES string of the molecule is CCOC(=O)c1c(NC(=O)COc2cc(Cl)ccc2Cl)oc(C)c1C(C)=O. The molecule has 0 saturated carbocycles. The van der Waals surface area contributed by atoms with Crippen LogP contribution in [0.4, 0.5) is 5.88 Å². The second kappa shape index (κ2) is 8.92. The zero-order chi connectivity index (χ0) is 20.1. The largest absolute Gasteiger partial charge is 0.482 e. The highest BCUT2D eigenvalue weighted by Gasteiger charge is 2.28. The molecule has 9 heteroatoms. The summed E-state index contributed by atoms with van der Waals surface area (Å²) in [6, 6.07) is 4.58. The third kappa shape index (κ3) is 5.02. The van der Waals surface area contributed by atoms with Crippen molar-refractivity contribution in [3.05, 3.63) is 45.1 Å². The van der Waals surface area contributed by atoms with Crippen molar-refractivity contribution in [3.63, 3.8) is 0 Å². The molecule has 0 atom stereocenters. The predicted molar refractivity (Wildman–Crippen MR) is 100.0 cm³/mol. The number of carbonyl (C=O) groups excluding carboxylic acids is 3. The fraction of sp³-hybridized carbons (Fsp3) is 0.278. The van der Waals surface area contributed by atoms with E-state index in [-0.39, 0.29) is 45.9 Å². The summed E-state index contributed by atoms with van der Waals surface area (Å²) in [5.74, 6) is -1.54. The highest BCUT2D eigenvalue weighted by atomic mass is 35.5. The molecule has 0 fully saturated rings. The maximum Gasteiger partial charge on any atom is 0.344 e. The molecule has 0 aliphatic rings. The monoisotopic (exact) mass is 413 g/mol. The van der Waals surface area contributed by atoms with Crippen LogP contribution < -0.4 is 10.1 Å². The number of ether oxygens (including phenoxy) is 2. The standard InChI is InChI=1S/C18H17Cl2NO6/c1-4-25-18(24)16-15(9(2)22)10(3)27-17(16)21-14(23)8-26-13-7-11(19)5-6-12(13)20/h5-7H,4,8H2,1-3H3,(H,21,23). The van der Waals surface area contributed by atoms with Crippen LogP contribution in [0, 0.1) is 6.92 Å². The van der Waals surface area contributed by atoms with Gasteiger partial charge in [-0.1, -0.05) is 23.2 Å². The molecule has 0 radical (unpaired) electrons. The number of hydrogen-bond acceptors (Lipinski definition) is 6. The first-order valence-corrected chi connectivity index (χ1v) is 8.69. The van der Waals surface area contributed by atoms with E-state index in [1.807, 2.05) is 0 Å². The molecule has 0 saturated heterocycles. The van der Waals surface area contributed by atoms with Gasteiger partial charge in [-0.15, -0.1) is 0 Å². The van der Waals surface area contributed by atoms with E-state index in [0.29, 0.717) is 5.02 Å². The van der Waals surface area contributed by atoms with Crippen molar-refractivity contribution >= 4 is 46.7 Å². The second-order valence-electron chi connectivity index (χ2n) is 5.43. The zero-order valence-electron chi connectivity index (χ0n) is 14.9. The second-order valence-corrected chi connectivity index (χ2v) is 6.27. The van der Waals surface area contributed by atoms with Gasteiger partial charge in [0, 0.05) is 11.1 Å². The molecule has 0 aliphatic carbocycles. The number of aryl methyl sites for hydroxylation is 1. The summed E-state index contributed by atoms with van der Waals surface area (Å²) in [7, 11) is 0. The number of anilines is 1. The highest BCUT2D eigenvalue weighted by Crippen LogP contribution is 2.29. The number of Topliss-reactive ketones (excluding diaryl/α,β-unsaturated/α-hetero) is 1. The Hall–Kier alpha value is -2.51. The molecule has 0 aliphatic heterocycles. The number of ketones is 1. The average Bonchev–Trinajstić information content (AvgIpc) is 2.92. The topological polar surface area (TPSA) is 94.8 Å². The first kappa shape index (κ1) is 20.8. The van der Waals surface area contributed by atoms with Crippen molar-refractivity contribution in [1.29, 1.82) is 0 Å². The van der Waals surface area contributed by atoms with E-state index in [4.69, 9.17) is 37.1 Å². The smallest absolute Gasteiger partial charge is 0.344 e. The molecular weight excluding hydrogens is 397 g/mol. The summed E-state index contributed by atoms with van der Waals surface area (Å²) < 4.78 is 15.7. The Morgan fingerprint density at radius 3 is 2.52 bits per heavy atom. The Labute approximate surface area is 165 Å². The van der Waals surface area contributed by atoms with E-state index < -0.39 is 18.5 Å². The molecule has 1 N–H and O–H groups in total. The summed E-state index contributed by atoms with van der Waals surface area (Å²) in [6.07, 6.45) is 0. The van der Waals surface area contributed by atoms with E-state index in [1.165, 1.54) is 26.0 Å². The molecule has 0 spiro atoms. The van der Waals surface area contributed by atoms with E-state index in [0.717, 1.165) is 0 Å². The van der Waals surface area contributed by atoms with Gasteiger partial charge in [-0.3, -0.25) is 14.9 Å². The van der Waals surface area contributed by atoms with Gasteiger partial charge in [-0.2, -0.15) is 0 Å². The lowest BCUT2D eigenvalue weighted by molar-refractivity contribution is -0.118. The van der Waals surface area contributed by atoms with Crippen LogP contribution in [-0.2, 0) is 9.53 Å². The highest BCUT2D eigenvalue weighted by molar-refractivity contribution is 6.34. The summed E-state index contributed by atoms with van der Waals surface area (Å²) in [4.78, 5) is 36.2. The molecule has 7 nitrogen and oxygen atoms in total. The third-order valence-electron chi connectivity index (χ3n) is 3.42. The van der Waals surface area contributed by atoms with Crippen LogP contribution in [0.1, 0.15) is 40.3 Å². The molecule has 1 heterocycles. The molecular formula is C18H17Cl2NO6. The van der Waals surface area contributed by atoms with Crippen LogP contribution in [0.25, 0.3) is 0 Å². The number of halogens is 2. The average molecular weight is 414 g/mol. The molecule has 1 aromatic carbocycles. The maximum atomic E-state index is 12.2. The lowest BCUT2D eigenvalue weighted by atomic mass is 10.1. The lowest BCUT2D eigenvalue weighted by Gasteiger charge is -2.09. The van der Waals surface area contributed by atoms with Crippen molar-refractivity contribution in [2.75, 3.05) is 18.5 Å². The molecule has 2 rings (SSSR count). The molecule has 0 bridgehead atoms. The van der Waals surface area contributed by atoms with Gasteiger partial charge in [0.15, 0.2) is 12.4 Å². The first-order valence-electron chi connectivity index (χ1n) is 7.93. The van der Waals surface area contributed by atoms with Crippen molar-refractivity contribution in [1.82, 2.24) is 0 Å². The lowest BCUT2D eigenvalue weighted by Crippen LogP contribution is -2.22. The quantitative estimate of drug-likeness (QED) is 0.537. The minimum atomic E-state index is -0.770. The molecule has 0 unspecified atom stereocenters. The number of amides is 1. The number of carbonyl (C=O) groups is 3. The van der Waals surface area contributed by atoms with E-state index in [2.05, 4.69) is 5.32 Å². The minimum Gasteiger partial charge on any atom is -0.482 e. The van der Waals surface area contributed by atoms with Gasteiger partial charge < -0.3 is 13.9 Å². The minimum absolute atomic E-state index is 0.0579. The van der Waals surface area contributed by atoms with Gasteiger partial charge in [0.1, 0.15) is 17.1 Å². The Morgan fingerprint density at radius 1 is 1.19 bits per heavy atom. The number of rotatable bonds is 7. The molecule has 2 aromatic rings. The Balaban J connectivity index is 2.19. The van der Waals surface area contributed by atoms with E-state index in [1.54, 1.807) is 13.0 Å². The molecule has 27 heavy (non-hydrogen) atoms. The van der Waals surface area contributed by atoms with Crippen LogP contribution in [0.15, 0.2) is 22.6 Å². The van der Waals surface area contributed by atoms with Crippen LogP contribution in [-0.4, -0.2) is 30.9 Å². The number of hydrogen-bond donors (Lipinski definition) is 1. The van der Waals surface area contributed by atoms with Crippen LogP contribution in [0.2, 0.25) is 10.0 Å². The van der Waals surface area contributed by atoms with Crippen molar-refractivity contribution in [3.8, 4) is 5.75 Å². The van der Waals surface area contributed by atoms with Crippen molar-refractivity contribution in [2.45, 2.75) is 20.8 Å². The molecule has 1 amide bonds. The molecule has 1 aromatic heterocycles. The van der Waals surface area contributed by atoms with Crippen LogP contribution >= 0.6 is 23.2 Å². The van der Waals surface area contributed by atoms with Crippen LogP contribution in [0.3, 0.4) is 0 Å². The van der Waals surface area contributed by atoms with Crippen molar-refractivity contribution in [2.24, 2.45) is 0 Å². The zero-order valence-corrected chi connectivity index (χ0v) is 16.4. The number of esters is 1. The van der Waals surface area contributed by atoms with Crippen molar-refractivity contribution < 1.29 is 28.3 Å². The van der Waals surface area contributed by atoms with Gasteiger partial charge in [0.25, 0.3) is 5.91 Å². The number of furan rings is 1. The number of benzene rings is 1. The Morgan fingerprint density at radius 2 is 1.89 bits per heavy atom. The third-order valence-corrected chi connectivity index (χ3v) is 3.97. The predicted octanol–water partition coefficient (Wildman–Crippen LogP) is 4.29. The van der Waals surface area contributed by atoms with Gasteiger partial charge in [-0.05, 0) is 32.9 Å². The van der Waals surface area contributed by atoms with Gasteiger partial charge in [0.2, 0.25) is 5.88 Å². The van der Waals surface area contributed by atoms with E-state index in [9.17, 15) is 14.4 Å².